The lowest BCUT2D eigenvalue weighted by atomic mass is 10.1. The lowest BCUT2D eigenvalue weighted by Gasteiger charge is -2.14. The van der Waals surface area contributed by atoms with Gasteiger partial charge in [0.1, 0.15) is 5.82 Å². The molecule has 1 aromatic rings. The topological polar surface area (TPSA) is 12.0 Å². The SMILES string of the molecule is C=CC(NCCC)c1ccccc1F. The highest BCUT2D eigenvalue weighted by Crippen LogP contribution is 2.17. The van der Waals surface area contributed by atoms with Crippen molar-refractivity contribution >= 4 is 0 Å². The Labute approximate surface area is 84.6 Å². The molecule has 0 saturated heterocycles. The van der Waals surface area contributed by atoms with Gasteiger partial charge >= 0.3 is 0 Å². The number of hydrogen-bond donors (Lipinski definition) is 1. The van der Waals surface area contributed by atoms with Gasteiger partial charge in [-0.3, -0.25) is 0 Å². The second-order valence-corrected chi connectivity index (χ2v) is 3.19. The summed E-state index contributed by atoms with van der Waals surface area (Å²) in [4.78, 5) is 0. The van der Waals surface area contributed by atoms with Crippen LogP contribution in [0, 0.1) is 5.82 Å². The minimum Gasteiger partial charge on any atom is -0.307 e. The molecule has 2 heteroatoms. The van der Waals surface area contributed by atoms with Crippen LogP contribution in [0.3, 0.4) is 0 Å². The highest BCUT2D eigenvalue weighted by molar-refractivity contribution is 5.24. The van der Waals surface area contributed by atoms with E-state index in [-0.39, 0.29) is 11.9 Å². The summed E-state index contributed by atoms with van der Waals surface area (Å²) in [5.41, 5.74) is 0.663. The molecule has 0 spiro atoms. The lowest BCUT2D eigenvalue weighted by Crippen LogP contribution is -2.21. The van der Waals surface area contributed by atoms with Gasteiger partial charge in [0.2, 0.25) is 0 Å². The minimum absolute atomic E-state index is 0.0869. The van der Waals surface area contributed by atoms with Crippen molar-refractivity contribution in [3.8, 4) is 0 Å². The van der Waals surface area contributed by atoms with E-state index < -0.39 is 0 Å². The maximum atomic E-state index is 13.4. The molecule has 0 amide bonds. The van der Waals surface area contributed by atoms with Crippen LogP contribution in [0.25, 0.3) is 0 Å². The van der Waals surface area contributed by atoms with Gasteiger partial charge in [0, 0.05) is 5.56 Å². The van der Waals surface area contributed by atoms with Gasteiger partial charge in [-0.1, -0.05) is 31.2 Å². The molecule has 0 aliphatic rings. The van der Waals surface area contributed by atoms with Crippen molar-refractivity contribution in [2.75, 3.05) is 6.54 Å². The number of nitrogens with one attached hydrogen (secondary N) is 1. The first kappa shape index (κ1) is 10.9. The zero-order chi connectivity index (χ0) is 10.4. The van der Waals surface area contributed by atoms with E-state index in [1.54, 1.807) is 18.2 Å². The van der Waals surface area contributed by atoms with Gasteiger partial charge in [0.15, 0.2) is 0 Å². The van der Waals surface area contributed by atoms with Crippen molar-refractivity contribution in [1.29, 1.82) is 0 Å². The van der Waals surface area contributed by atoms with E-state index >= 15 is 0 Å². The molecule has 1 nitrogen and oxygen atoms in total. The summed E-state index contributed by atoms with van der Waals surface area (Å²) in [5.74, 6) is -0.180. The highest BCUT2D eigenvalue weighted by Gasteiger charge is 2.09. The molecule has 14 heavy (non-hydrogen) atoms. The number of benzene rings is 1. The van der Waals surface area contributed by atoms with Crippen LogP contribution in [0.4, 0.5) is 4.39 Å². The molecule has 1 rings (SSSR count). The Morgan fingerprint density at radius 1 is 1.50 bits per heavy atom. The highest BCUT2D eigenvalue weighted by atomic mass is 19.1. The molecule has 1 N–H and O–H groups in total. The summed E-state index contributed by atoms with van der Waals surface area (Å²) in [6, 6.07) is 6.70. The summed E-state index contributed by atoms with van der Waals surface area (Å²) in [5, 5.41) is 3.22. The summed E-state index contributed by atoms with van der Waals surface area (Å²) < 4.78 is 13.4. The van der Waals surface area contributed by atoms with E-state index in [2.05, 4.69) is 18.8 Å². The fourth-order valence-corrected chi connectivity index (χ4v) is 1.35. The third-order valence-electron chi connectivity index (χ3n) is 2.09. The van der Waals surface area contributed by atoms with E-state index in [9.17, 15) is 4.39 Å². The first-order chi connectivity index (χ1) is 6.79. The molecule has 1 unspecified atom stereocenters. The molecule has 0 aliphatic heterocycles. The molecule has 1 atom stereocenters. The largest absolute Gasteiger partial charge is 0.307 e. The molecule has 0 fully saturated rings. The Balaban J connectivity index is 2.78. The van der Waals surface area contributed by atoms with Crippen molar-refractivity contribution in [2.45, 2.75) is 19.4 Å². The van der Waals surface area contributed by atoms with Gasteiger partial charge in [-0.05, 0) is 19.0 Å². The van der Waals surface area contributed by atoms with Gasteiger partial charge in [-0.15, -0.1) is 6.58 Å². The predicted molar refractivity (Wildman–Crippen MR) is 57.6 cm³/mol. The molecule has 0 bridgehead atoms. The molecule has 0 saturated carbocycles. The van der Waals surface area contributed by atoms with Crippen LogP contribution < -0.4 is 5.32 Å². The van der Waals surface area contributed by atoms with Crippen molar-refractivity contribution < 1.29 is 4.39 Å². The quantitative estimate of drug-likeness (QED) is 0.709. The standard InChI is InChI=1S/C12H16FN/c1-3-9-14-12(4-2)10-7-5-6-8-11(10)13/h4-8,12,14H,2-3,9H2,1H3. The molecule has 1 aromatic carbocycles. The Kier molecular flexibility index (Phi) is 4.33. The summed E-state index contributed by atoms with van der Waals surface area (Å²) in [6.45, 7) is 6.65. The Morgan fingerprint density at radius 3 is 2.79 bits per heavy atom. The normalized spacial score (nSPS) is 12.4. The van der Waals surface area contributed by atoms with Crippen LogP contribution in [0.15, 0.2) is 36.9 Å². The van der Waals surface area contributed by atoms with Gasteiger partial charge in [-0.25, -0.2) is 4.39 Å². The first-order valence-corrected chi connectivity index (χ1v) is 4.90. The van der Waals surface area contributed by atoms with E-state index in [0.717, 1.165) is 13.0 Å². The Hall–Kier alpha value is -1.15. The second-order valence-electron chi connectivity index (χ2n) is 3.19. The van der Waals surface area contributed by atoms with E-state index in [4.69, 9.17) is 0 Å². The van der Waals surface area contributed by atoms with Gasteiger partial charge in [0.05, 0.1) is 6.04 Å². The monoisotopic (exact) mass is 193 g/mol. The van der Waals surface area contributed by atoms with Crippen molar-refractivity contribution in [3.05, 3.63) is 48.3 Å². The zero-order valence-corrected chi connectivity index (χ0v) is 8.46. The maximum absolute atomic E-state index is 13.4. The molecule has 0 radical (unpaired) electrons. The molecule has 76 valence electrons. The summed E-state index contributed by atoms with van der Waals surface area (Å²) in [6.07, 6.45) is 2.76. The lowest BCUT2D eigenvalue weighted by molar-refractivity contribution is 0.556. The predicted octanol–water partition coefficient (Wildman–Crippen LogP) is 3.05. The fourth-order valence-electron chi connectivity index (χ4n) is 1.35. The van der Waals surface area contributed by atoms with Crippen LogP contribution in [0.5, 0.6) is 0 Å². The van der Waals surface area contributed by atoms with Crippen LogP contribution >= 0.6 is 0 Å². The van der Waals surface area contributed by atoms with Crippen LogP contribution in [0.1, 0.15) is 24.9 Å². The third kappa shape index (κ3) is 2.67. The van der Waals surface area contributed by atoms with Crippen molar-refractivity contribution in [2.24, 2.45) is 0 Å². The van der Waals surface area contributed by atoms with Gasteiger partial charge in [-0.2, -0.15) is 0 Å². The van der Waals surface area contributed by atoms with Crippen LogP contribution in [0.2, 0.25) is 0 Å². The fraction of sp³-hybridized carbons (Fsp3) is 0.333. The van der Waals surface area contributed by atoms with Crippen molar-refractivity contribution in [3.63, 3.8) is 0 Å². The van der Waals surface area contributed by atoms with Crippen molar-refractivity contribution in [1.82, 2.24) is 5.32 Å². The molecule has 0 aliphatic carbocycles. The molecule has 0 heterocycles. The molecule has 0 aromatic heterocycles. The molecular formula is C12H16FN. The number of rotatable bonds is 5. The third-order valence-corrected chi connectivity index (χ3v) is 2.09. The van der Waals surface area contributed by atoms with Crippen LogP contribution in [-0.4, -0.2) is 6.54 Å². The number of halogens is 1. The Bertz CT molecular complexity index is 296. The first-order valence-electron chi connectivity index (χ1n) is 4.90. The average molecular weight is 193 g/mol. The summed E-state index contributed by atoms with van der Waals surface area (Å²) in [7, 11) is 0. The van der Waals surface area contributed by atoms with Gasteiger partial charge < -0.3 is 5.32 Å². The van der Waals surface area contributed by atoms with E-state index in [1.807, 2.05) is 6.07 Å². The average Bonchev–Trinajstić information content (AvgIpc) is 2.21. The van der Waals surface area contributed by atoms with E-state index in [0.29, 0.717) is 5.56 Å². The smallest absolute Gasteiger partial charge is 0.128 e. The molecular weight excluding hydrogens is 177 g/mol. The second kappa shape index (κ2) is 5.55. The van der Waals surface area contributed by atoms with E-state index in [1.165, 1.54) is 6.07 Å². The van der Waals surface area contributed by atoms with Crippen LogP contribution in [-0.2, 0) is 0 Å². The Morgan fingerprint density at radius 2 is 2.21 bits per heavy atom. The minimum atomic E-state index is -0.180. The summed E-state index contributed by atoms with van der Waals surface area (Å²) >= 11 is 0. The zero-order valence-electron chi connectivity index (χ0n) is 8.46. The van der Waals surface area contributed by atoms with Gasteiger partial charge in [0.25, 0.3) is 0 Å². The maximum Gasteiger partial charge on any atom is 0.128 e. The number of hydrogen-bond acceptors (Lipinski definition) is 1.